The molecule has 0 spiro atoms. The molecule has 0 aliphatic heterocycles. The maximum absolute atomic E-state index is 11.9. The number of hydrogen-bond acceptors (Lipinski definition) is 5. The topological polar surface area (TPSA) is 78.6 Å². The molecule has 1 atom stereocenters. The van der Waals surface area contributed by atoms with Gasteiger partial charge >= 0.3 is 11.9 Å². The van der Waals surface area contributed by atoms with Crippen LogP contribution in [0.15, 0.2) is 30.3 Å². The number of rotatable bonds is 4. The van der Waals surface area contributed by atoms with Crippen molar-refractivity contribution in [3.8, 4) is 0 Å². The first-order valence-corrected chi connectivity index (χ1v) is 6.57. The number of esters is 2. The highest BCUT2D eigenvalue weighted by atomic mass is 16.6. The van der Waals surface area contributed by atoms with Crippen molar-refractivity contribution >= 4 is 18.0 Å². The zero-order valence-corrected chi connectivity index (χ0v) is 12.8. The van der Waals surface area contributed by atoms with Gasteiger partial charge in [-0.3, -0.25) is 0 Å². The minimum Gasteiger partial charge on any atom is -0.466 e. The molecule has 5 heteroatoms. The van der Waals surface area contributed by atoms with Gasteiger partial charge in [-0.25, -0.2) is 9.59 Å². The second kappa shape index (κ2) is 7.04. The lowest BCUT2D eigenvalue weighted by Crippen LogP contribution is -2.31. The first-order chi connectivity index (χ1) is 9.73. The molecule has 0 radical (unpaired) electrons. The molecule has 0 aliphatic rings. The van der Waals surface area contributed by atoms with Gasteiger partial charge in [0.25, 0.3) is 0 Å². The number of carbonyl (C=O) groups is 2. The van der Waals surface area contributed by atoms with Crippen LogP contribution >= 0.6 is 0 Å². The lowest BCUT2D eigenvalue weighted by molar-refractivity contribution is -0.156. The monoisotopic (exact) mass is 291 g/mol. The fourth-order valence-electron chi connectivity index (χ4n) is 1.59. The fraction of sp³-hybridized carbons (Fsp3) is 0.375. The van der Waals surface area contributed by atoms with Gasteiger partial charge in [-0.1, -0.05) is 18.2 Å². The number of benzene rings is 1. The average Bonchev–Trinajstić information content (AvgIpc) is 2.42. The second-order valence-corrected chi connectivity index (χ2v) is 5.54. The van der Waals surface area contributed by atoms with Crippen molar-refractivity contribution in [1.29, 1.82) is 0 Å². The number of carbonyl (C=O) groups excluding carboxylic acids is 2. The average molecular weight is 291 g/mol. The molecule has 0 aromatic heterocycles. The summed E-state index contributed by atoms with van der Waals surface area (Å²) in [5.74, 6) is -0.937. The smallest absolute Gasteiger partial charge is 0.330 e. The van der Waals surface area contributed by atoms with E-state index in [0.717, 1.165) is 5.56 Å². The third-order valence-electron chi connectivity index (χ3n) is 2.54. The van der Waals surface area contributed by atoms with Crippen molar-refractivity contribution < 1.29 is 19.1 Å². The molecule has 21 heavy (non-hydrogen) atoms. The Balaban J connectivity index is 2.87. The third-order valence-corrected chi connectivity index (χ3v) is 2.54. The summed E-state index contributed by atoms with van der Waals surface area (Å²) in [4.78, 5) is 23.0. The summed E-state index contributed by atoms with van der Waals surface area (Å²) in [6.07, 6.45) is 2.90. The molecule has 1 aromatic carbocycles. The van der Waals surface area contributed by atoms with Crippen molar-refractivity contribution in [2.75, 3.05) is 7.11 Å². The number of ether oxygens (including phenoxy) is 2. The van der Waals surface area contributed by atoms with E-state index in [0.29, 0.717) is 5.56 Å². The Bertz CT molecular complexity index is 543. The molecular weight excluding hydrogens is 270 g/mol. The zero-order valence-electron chi connectivity index (χ0n) is 12.8. The van der Waals surface area contributed by atoms with Crippen molar-refractivity contribution in [3.63, 3.8) is 0 Å². The number of nitrogens with two attached hydrogens (primary N) is 1. The normalized spacial score (nSPS) is 13.0. The van der Waals surface area contributed by atoms with Crippen LogP contribution in [0, 0.1) is 0 Å². The highest BCUT2D eigenvalue weighted by Crippen LogP contribution is 2.18. The van der Waals surface area contributed by atoms with Gasteiger partial charge in [0.15, 0.2) is 0 Å². The van der Waals surface area contributed by atoms with Crippen LogP contribution in [0.3, 0.4) is 0 Å². The lowest BCUT2D eigenvalue weighted by Gasteiger charge is -2.22. The molecule has 0 heterocycles. The van der Waals surface area contributed by atoms with E-state index >= 15 is 0 Å². The zero-order chi connectivity index (χ0) is 16.0. The molecule has 5 nitrogen and oxygen atoms in total. The van der Waals surface area contributed by atoms with Gasteiger partial charge in [0.1, 0.15) is 11.6 Å². The summed E-state index contributed by atoms with van der Waals surface area (Å²) < 4.78 is 9.77. The summed E-state index contributed by atoms with van der Waals surface area (Å²) in [6.45, 7) is 5.35. The van der Waals surface area contributed by atoms with Crippen LogP contribution in [0.25, 0.3) is 6.08 Å². The molecule has 0 bridgehead atoms. The van der Waals surface area contributed by atoms with Crippen molar-refractivity contribution in [1.82, 2.24) is 0 Å². The van der Waals surface area contributed by atoms with Gasteiger partial charge in [-0.2, -0.15) is 0 Å². The molecule has 2 N–H and O–H groups in total. The highest BCUT2D eigenvalue weighted by molar-refractivity contribution is 5.87. The standard InChI is InChI=1S/C16H21NO4/c1-16(2,3)21-15(19)14(17)12-7-5-6-11(10-12)8-9-13(18)20-4/h5-10,14H,17H2,1-4H3. The van der Waals surface area contributed by atoms with E-state index in [1.54, 1.807) is 51.1 Å². The maximum Gasteiger partial charge on any atom is 0.330 e. The van der Waals surface area contributed by atoms with Crippen molar-refractivity contribution in [3.05, 3.63) is 41.5 Å². The molecule has 1 unspecified atom stereocenters. The van der Waals surface area contributed by atoms with Crippen LogP contribution in [0.4, 0.5) is 0 Å². The first kappa shape index (κ1) is 16.9. The maximum atomic E-state index is 11.9. The summed E-state index contributed by atoms with van der Waals surface area (Å²) in [6, 6.07) is 6.16. The SMILES string of the molecule is COC(=O)C=Cc1cccc(C(N)C(=O)OC(C)(C)C)c1. The van der Waals surface area contributed by atoms with Crippen LogP contribution in [-0.4, -0.2) is 24.6 Å². The van der Waals surface area contributed by atoms with Crippen molar-refractivity contribution in [2.24, 2.45) is 5.73 Å². The van der Waals surface area contributed by atoms with Crippen LogP contribution in [0.2, 0.25) is 0 Å². The van der Waals surface area contributed by atoms with E-state index in [1.165, 1.54) is 13.2 Å². The number of methoxy groups -OCH3 is 1. The van der Waals surface area contributed by atoms with Crippen LogP contribution < -0.4 is 5.73 Å². The Morgan fingerprint density at radius 2 is 1.95 bits per heavy atom. The van der Waals surface area contributed by atoms with Gasteiger partial charge in [0, 0.05) is 6.08 Å². The van der Waals surface area contributed by atoms with Crippen LogP contribution in [0.1, 0.15) is 37.9 Å². The van der Waals surface area contributed by atoms with E-state index in [1.807, 2.05) is 0 Å². The Morgan fingerprint density at radius 3 is 2.52 bits per heavy atom. The molecule has 1 aromatic rings. The molecule has 0 saturated heterocycles. The van der Waals surface area contributed by atoms with Gasteiger partial charge < -0.3 is 15.2 Å². The second-order valence-electron chi connectivity index (χ2n) is 5.54. The minimum atomic E-state index is -0.865. The third kappa shape index (κ3) is 5.79. The summed E-state index contributed by atoms with van der Waals surface area (Å²) >= 11 is 0. The van der Waals surface area contributed by atoms with Gasteiger partial charge in [0.05, 0.1) is 7.11 Å². The van der Waals surface area contributed by atoms with Crippen LogP contribution in [-0.2, 0) is 19.1 Å². The number of hydrogen-bond donors (Lipinski definition) is 1. The van der Waals surface area contributed by atoms with Crippen LogP contribution in [0.5, 0.6) is 0 Å². The molecule has 114 valence electrons. The Morgan fingerprint density at radius 1 is 1.29 bits per heavy atom. The summed E-state index contributed by atoms with van der Waals surface area (Å²) in [5, 5.41) is 0. The fourth-order valence-corrected chi connectivity index (χ4v) is 1.59. The van der Waals surface area contributed by atoms with Crippen molar-refractivity contribution in [2.45, 2.75) is 32.4 Å². The minimum absolute atomic E-state index is 0.447. The van der Waals surface area contributed by atoms with Gasteiger partial charge in [0.2, 0.25) is 0 Å². The Kier molecular flexibility index (Phi) is 5.67. The summed E-state index contributed by atoms with van der Waals surface area (Å²) in [7, 11) is 1.31. The summed E-state index contributed by atoms with van der Waals surface area (Å²) in [5.41, 5.74) is 6.69. The lowest BCUT2D eigenvalue weighted by atomic mass is 10.0. The molecule has 0 fully saturated rings. The Labute approximate surface area is 124 Å². The predicted molar refractivity (Wildman–Crippen MR) is 80.3 cm³/mol. The largest absolute Gasteiger partial charge is 0.466 e. The van der Waals surface area contributed by atoms with E-state index in [9.17, 15) is 9.59 Å². The van der Waals surface area contributed by atoms with E-state index < -0.39 is 23.6 Å². The van der Waals surface area contributed by atoms with E-state index in [4.69, 9.17) is 10.5 Å². The van der Waals surface area contributed by atoms with E-state index in [2.05, 4.69) is 4.74 Å². The highest BCUT2D eigenvalue weighted by Gasteiger charge is 2.23. The predicted octanol–water partition coefficient (Wildman–Crippen LogP) is 2.21. The molecular formula is C16H21NO4. The van der Waals surface area contributed by atoms with E-state index in [-0.39, 0.29) is 0 Å². The van der Waals surface area contributed by atoms with Gasteiger partial charge in [-0.05, 0) is 44.0 Å². The van der Waals surface area contributed by atoms with Gasteiger partial charge in [-0.15, -0.1) is 0 Å². The Hall–Kier alpha value is -2.14. The molecule has 0 saturated carbocycles. The quantitative estimate of drug-likeness (QED) is 0.679. The molecule has 1 rings (SSSR count). The first-order valence-electron chi connectivity index (χ1n) is 6.57. The molecule has 0 amide bonds. The molecule has 0 aliphatic carbocycles.